The Labute approximate surface area is 179 Å². The Morgan fingerprint density at radius 1 is 0.871 bits per heavy atom. The molecule has 0 N–H and O–H groups in total. The van der Waals surface area contributed by atoms with E-state index in [1.54, 1.807) is 28.0 Å². The van der Waals surface area contributed by atoms with E-state index in [0.717, 1.165) is 23.6 Å². The van der Waals surface area contributed by atoms with Crippen LogP contribution >= 0.6 is 0 Å². The molecule has 3 aromatic rings. The van der Waals surface area contributed by atoms with Gasteiger partial charge in [-0.2, -0.15) is 0 Å². The van der Waals surface area contributed by atoms with Crippen molar-refractivity contribution >= 4 is 28.6 Å². The Balaban J connectivity index is 1.19. The zero-order valence-electron chi connectivity index (χ0n) is 17.0. The number of ether oxygens (including phenoxy) is 1. The van der Waals surface area contributed by atoms with Gasteiger partial charge in [0.05, 0.1) is 11.8 Å². The van der Waals surface area contributed by atoms with E-state index < -0.39 is 5.97 Å². The molecule has 158 valence electrons. The van der Waals surface area contributed by atoms with Crippen LogP contribution in [0.3, 0.4) is 0 Å². The van der Waals surface area contributed by atoms with Crippen LogP contribution in [0.25, 0.3) is 10.8 Å². The normalized spacial score (nSPS) is 15.4. The first-order valence-electron chi connectivity index (χ1n) is 10.4. The average Bonchev–Trinajstić information content (AvgIpc) is 3.49. The summed E-state index contributed by atoms with van der Waals surface area (Å²) in [5.41, 5.74) is 2.99. The van der Waals surface area contributed by atoms with Crippen molar-refractivity contribution in [2.75, 3.05) is 32.8 Å². The number of hydrogen-bond acceptors (Lipinski definition) is 5. The van der Waals surface area contributed by atoms with Gasteiger partial charge in [-0.3, -0.25) is 9.59 Å². The van der Waals surface area contributed by atoms with Crippen LogP contribution in [0.15, 0.2) is 53.1 Å². The first kappa shape index (κ1) is 19.4. The SMILES string of the molecule is O=C(OCC(=O)N1CCN(C(=O)c2ccco2)CC1)c1ccc2c3c(cccc13)CC2. The summed E-state index contributed by atoms with van der Waals surface area (Å²) < 4.78 is 10.5. The third kappa shape index (κ3) is 3.56. The fraction of sp³-hybridized carbons (Fsp3) is 0.292. The third-order valence-electron chi connectivity index (χ3n) is 6.08. The van der Waals surface area contributed by atoms with Crippen molar-refractivity contribution in [3.63, 3.8) is 0 Å². The Kier molecular flexibility index (Phi) is 4.94. The summed E-state index contributed by atoms with van der Waals surface area (Å²) in [6.07, 6.45) is 3.43. The third-order valence-corrected chi connectivity index (χ3v) is 6.08. The number of hydrogen-bond donors (Lipinski definition) is 0. The molecule has 0 saturated carbocycles. The molecule has 2 aromatic carbocycles. The maximum Gasteiger partial charge on any atom is 0.339 e. The molecule has 7 nitrogen and oxygen atoms in total. The lowest BCUT2D eigenvalue weighted by Gasteiger charge is -2.34. The van der Waals surface area contributed by atoms with Gasteiger partial charge in [0.25, 0.3) is 11.8 Å². The number of piperazine rings is 1. The van der Waals surface area contributed by atoms with Gasteiger partial charge in [0.1, 0.15) is 0 Å². The maximum atomic E-state index is 12.7. The fourth-order valence-corrected chi connectivity index (χ4v) is 4.44. The predicted molar refractivity (Wildman–Crippen MR) is 113 cm³/mol. The molecule has 0 unspecified atom stereocenters. The summed E-state index contributed by atoms with van der Waals surface area (Å²) in [6.45, 7) is 1.30. The lowest BCUT2D eigenvalue weighted by atomic mass is 10.00. The van der Waals surface area contributed by atoms with Crippen molar-refractivity contribution in [3.8, 4) is 0 Å². The van der Waals surface area contributed by atoms with Crippen LogP contribution in [0, 0.1) is 0 Å². The summed E-state index contributed by atoms with van der Waals surface area (Å²) in [6, 6.07) is 13.0. The van der Waals surface area contributed by atoms with E-state index >= 15 is 0 Å². The Morgan fingerprint density at radius 2 is 1.61 bits per heavy atom. The number of furan rings is 1. The molecule has 1 saturated heterocycles. The zero-order valence-corrected chi connectivity index (χ0v) is 17.0. The minimum Gasteiger partial charge on any atom is -0.459 e. The zero-order chi connectivity index (χ0) is 21.4. The molecule has 2 aliphatic rings. The van der Waals surface area contributed by atoms with E-state index in [4.69, 9.17) is 9.15 Å². The van der Waals surface area contributed by atoms with E-state index in [-0.39, 0.29) is 18.4 Å². The van der Waals surface area contributed by atoms with Crippen molar-refractivity contribution in [1.82, 2.24) is 9.80 Å². The lowest BCUT2D eigenvalue weighted by Crippen LogP contribution is -2.51. The number of carbonyl (C=O) groups is 3. The topological polar surface area (TPSA) is 80.1 Å². The van der Waals surface area contributed by atoms with Gasteiger partial charge >= 0.3 is 5.97 Å². The first-order valence-corrected chi connectivity index (χ1v) is 10.4. The number of aryl methyl sites for hydroxylation is 2. The number of esters is 1. The molecule has 5 rings (SSSR count). The highest BCUT2D eigenvalue weighted by molar-refractivity contribution is 6.07. The van der Waals surface area contributed by atoms with E-state index in [0.29, 0.717) is 37.5 Å². The Hall–Kier alpha value is -3.61. The van der Waals surface area contributed by atoms with E-state index in [1.807, 2.05) is 18.2 Å². The standard InChI is InChI=1S/C24H22N2O5/c27-21(25-10-12-26(13-11-25)23(28)20-5-2-14-30-20)15-31-24(29)19-9-8-17-7-6-16-3-1-4-18(19)22(16)17/h1-5,8-9,14H,6-7,10-13,15H2. The molecule has 1 fully saturated rings. The van der Waals surface area contributed by atoms with Crippen LogP contribution in [0.4, 0.5) is 0 Å². The van der Waals surface area contributed by atoms with Crippen molar-refractivity contribution in [2.24, 2.45) is 0 Å². The summed E-state index contributed by atoms with van der Waals surface area (Å²) >= 11 is 0. The molecule has 2 heterocycles. The number of rotatable bonds is 4. The highest BCUT2D eigenvalue weighted by Gasteiger charge is 2.27. The number of amides is 2. The maximum absolute atomic E-state index is 12.7. The summed E-state index contributed by atoms with van der Waals surface area (Å²) in [5, 5.41) is 2.02. The van der Waals surface area contributed by atoms with Crippen LogP contribution in [-0.4, -0.2) is 60.4 Å². The van der Waals surface area contributed by atoms with Gasteiger partial charge in [-0.25, -0.2) is 4.79 Å². The van der Waals surface area contributed by atoms with E-state index in [2.05, 4.69) is 6.07 Å². The van der Waals surface area contributed by atoms with Crippen molar-refractivity contribution in [3.05, 3.63) is 71.2 Å². The molecule has 2 amide bonds. The highest BCUT2D eigenvalue weighted by atomic mass is 16.5. The largest absolute Gasteiger partial charge is 0.459 e. The smallest absolute Gasteiger partial charge is 0.339 e. The van der Waals surface area contributed by atoms with Gasteiger partial charge in [0, 0.05) is 26.2 Å². The van der Waals surface area contributed by atoms with Crippen molar-refractivity contribution in [1.29, 1.82) is 0 Å². The summed E-state index contributed by atoms with van der Waals surface area (Å²) in [7, 11) is 0. The van der Waals surface area contributed by atoms with E-state index in [9.17, 15) is 14.4 Å². The lowest BCUT2D eigenvalue weighted by molar-refractivity contribution is -0.136. The Morgan fingerprint density at radius 3 is 2.35 bits per heavy atom. The predicted octanol–water partition coefficient (Wildman–Crippen LogP) is 2.67. The summed E-state index contributed by atoms with van der Waals surface area (Å²) in [4.78, 5) is 40.9. The van der Waals surface area contributed by atoms with Crippen molar-refractivity contribution < 1.29 is 23.5 Å². The van der Waals surface area contributed by atoms with Gasteiger partial charge < -0.3 is 19.0 Å². The van der Waals surface area contributed by atoms with Crippen LogP contribution < -0.4 is 0 Å². The molecule has 7 heteroatoms. The molecule has 0 atom stereocenters. The second-order valence-corrected chi connectivity index (χ2v) is 7.84. The van der Waals surface area contributed by atoms with Crippen LogP contribution in [-0.2, 0) is 22.4 Å². The molecule has 1 aliphatic carbocycles. The molecule has 0 radical (unpaired) electrons. The van der Waals surface area contributed by atoms with E-state index in [1.165, 1.54) is 17.4 Å². The molecule has 0 bridgehead atoms. The monoisotopic (exact) mass is 418 g/mol. The Bertz CT molecular complexity index is 1150. The molecular formula is C24H22N2O5. The second kappa shape index (κ2) is 7.91. The minimum atomic E-state index is -0.490. The highest BCUT2D eigenvalue weighted by Crippen LogP contribution is 2.33. The second-order valence-electron chi connectivity index (χ2n) is 7.84. The number of carbonyl (C=O) groups excluding carboxylic acids is 3. The quantitative estimate of drug-likeness (QED) is 0.609. The number of benzene rings is 2. The van der Waals surface area contributed by atoms with Crippen LogP contribution in [0.2, 0.25) is 0 Å². The van der Waals surface area contributed by atoms with Gasteiger partial charge in [0.15, 0.2) is 12.4 Å². The number of nitrogens with zero attached hydrogens (tertiary/aromatic N) is 2. The molecular weight excluding hydrogens is 396 g/mol. The molecule has 1 aromatic heterocycles. The molecule has 0 spiro atoms. The van der Waals surface area contributed by atoms with Crippen LogP contribution in [0.5, 0.6) is 0 Å². The molecule has 31 heavy (non-hydrogen) atoms. The fourth-order valence-electron chi connectivity index (χ4n) is 4.44. The van der Waals surface area contributed by atoms with Gasteiger partial charge in [-0.05, 0) is 52.9 Å². The first-order chi connectivity index (χ1) is 15.1. The van der Waals surface area contributed by atoms with Crippen LogP contribution in [0.1, 0.15) is 32.0 Å². The van der Waals surface area contributed by atoms with Gasteiger partial charge in [-0.15, -0.1) is 0 Å². The molecule has 1 aliphatic heterocycles. The van der Waals surface area contributed by atoms with Gasteiger partial charge in [-0.1, -0.05) is 24.3 Å². The van der Waals surface area contributed by atoms with Gasteiger partial charge in [0.2, 0.25) is 0 Å². The summed E-state index contributed by atoms with van der Waals surface area (Å²) in [5.74, 6) is -0.644. The van der Waals surface area contributed by atoms with Crippen molar-refractivity contribution in [2.45, 2.75) is 12.8 Å². The minimum absolute atomic E-state index is 0.185. The average molecular weight is 418 g/mol.